The molecule has 39 heavy (non-hydrogen) atoms. The number of carbonyl (C=O) groups excluding carboxylic acids is 2. The van der Waals surface area contributed by atoms with Crippen molar-refractivity contribution in [1.29, 1.82) is 0 Å². The van der Waals surface area contributed by atoms with Crippen LogP contribution >= 0.6 is 0 Å². The Morgan fingerprint density at radius 3 is 2.13 bits per heavy atom. The lowest BCUT2D eigenvalue weighted by Crippen LogP contribution is -2.42. The van der Waals surface area contributed by atoms with Gasteiger partial charge in [-0.3, -0.25) is 0 Å². The number of carboxylic acid groups (broad SMARTS) is 1. The van der Waals surface area contributed by atoms with Crippen molar-refractivity contribution >= 4 is 18.0 Å². The first kappa shape index (κ1) is 27.7. The maximum Gasteiger partial charge on any atom is 0.407 e. The van der Waals surface area contributed by atoms with Crippen LogP contribution in [0.2, 0.25) is 0 Å². The summed E-state index contributed by atoms with van der Waals surface area (Å²) in [4.78, 5) is 36.3. The number of carbonyl (C=O) groups is 3. The van der Waals surface area contributed by atoms with Crippen LogP contribution < -0.4 is 15.8 Å². The number of hydrogen-bond acceptors (Lipinski definition) is 7. The summed E-state index contributed by atoms with van der Waals surface area (Å²) >= 11 is 0. The molecule has 0 saturated heterocycles. The largest absolute Gasteiger partial charge is 0.482 e. The Bertz CT molecular complexity index is 1250. The van der Waals surface area contributed by atoms with Gasteiger partial charge in [-0.25, -0.2) is 14.4 Å². The molecule has 9 nitrogen and oxygen atoms in total. The van der Waals surface area contributed by atoms with Crippen molar-refractivity contribution in [3.63, 3.8) is 0 Å². The Hall–Kier alpha value is -4.37. The minimum Gasteiger partial charge on any atom is -0.482 e. The molecule has 9 heteroatoms. The van der Waals surface area contributed by atoms with E-state index in [2.05, 4.69) is 17.4 Å². The molecule has 204 valence electrons. The van der Waals surface area contributed by atoms with Crippen LogP contribution in [0.5, 0.6) is 5.75 Å². The summed E-state index contributed by atoms with van der Waals surface area (Å²) in [6.45, 7) is 0.155. The Labute approximate surface area is 226 Å². The van der Waals surface area contributed by atoms with Gasteiger partial charge in [0.15, 0.2) is 6.61 Å². The van der Waals surface area contributed by atoms with E-state index >= 15 is 0 Å². The summed E-state index contributed by atoms with van der Waals surface area (Å²) in [6.07, 6.45) is 1.01. The second-order valence-corrected chi connectivity index (χ2v) is 9.24. The monoisotopic (exact) mass is 532 g/mol. The lowest BCUT2D eigenvalue weighted by atomic mass is 9.98. The zero-order valence-corrected chi connectivity index (χ0v) is 21.5. The lowest BCUT2D eigenvalue weighted by molar-refractivity contribution is -0.147. The third kappa shape index (κ3) is 7.36. The lowest BCUT2D eigenvalue weighted by Gasteiger charge is -2.19. The molecular weight excluding hydrogens is 500 g/mol. The first-order chi connectivity index (χ1) is 19.0. The highest BCUT2D eigenvalue weighted by Gasteiger charge is 2.30. The van der Waals surface area contributed by atoms with E-state index in [1.54, 1.807) is 24.3 Å². The van der Waals surface area contributed by atoms with Gasteiger partial charge in [0.1, 0.15) is 25.0 Å². The van der Waals surface area contributed by atoms with Crippen molar-refractivity contribution < 1.29 is 33.7 Å². The van der Waals surface area contributed by atoms with E-state index in [4.69, 9.17) is 25.1 Å². The summed E-state index contributed by atoms with van der Waals surface area (Å²) in [6, 6.07) is 21.8. The average molecular weight is 533 g/mol. The van der Waals surface area contributed by atoms with Crippen molar-refractivity contribution in [2.24, 2.45) is 5.73 Å². The van der Waals surface area contributed by atoms with Crippen LogP contribution in [0.3, 0.4) is 0 Å². The number of ether oxygens (including phenoxy) is 3. The molecular formula is C30H32N2O7. The Morgan fingerprint density at radius 2 is 1.51 bits per heavy atom. The van der Waals surface area contributed by atoms with E-state index in [0.29, 0.717) is 37.1 Å². The number of fused-ring (bicyclic) bond motifs is 3. The first-order valence-electron chi connectivity index (χ1n) is 12.9. The quantitative estimate of drug-likeness (QED) is 0.220. The minimum atomic E-state index is -1.07. The predicted molar refractivity (Wildman–Crippen MR) is 144 cm³/mol. The van der Waals surface area contributed by atoms with Crippen LogP contribution in [0.15, 0.2) is 72.8 Å². The molecule has 0 unspecified atom stereocenters. The highest BCUT2D eigenvalue weighted by atomic mass is 16.6. The predicted octanol–water partition coefficient (Wildman–Crippen LogP) is 4.23. The van der Waals surface area contributed by atoms with Gasteiger partial charge in [-0.15, -0.1) is 0 Å². The molecule has 0 spiro atoms. The topological polar surface area (TPSA) is 137 Å². The van der Waals surface area contributed by atoms with Gasteiger partial charge in [0, 0.05) is 5.92 Å². The van der Waals surface area contributed by atoms with Crippen molar-refractivity contribution in [3.8, 4) is 16.9 Å². The van der Waals surface area contributed by atoms with Crippen LogP contribution in [0.4, 0.5) is 4.79 Å². The van der Waals surface area contributed by atoms with Gasteiger partial charge in [-0.1, -0.05) is 60.7 Å². The number of amides is 1. The second-order valence-electron chi connectivity index (χ2n) is 9.24. The van der Waals surface area contributed by atoms with Gasteiger partial charge >= 0.3 is 18.0 Å². The van der Waals surface area contributed by atoms with Gasteiger partial charge in [-0.05, 0) is 65.8 Å². The van der Waals surface area contributed by atoms with Crippen molar-refractivity contribution in [3.05, 3.63) is 89.5 Å². The number of unbranched alkanes of at least 4 members (excludes halogenated alkanes) is 1. The van der Waals surface area contributed by atoms with Crippen LogP contribution in [-0.2, 0) is 25.7 Å². The SMILES string of the molecule is NCCCC[C@H](NC(=O)OCC1c2ccccc2-c2ccccc21)C(=O)OCc1ccc(OCC(=O)O)cc1. The van der Waals surface area contributed by atoms with Gasteiger partial charge in [0.25, 0.3) is 0 Å². The molecule has 0 aliphatic heterocycles. The number of rotatable bonds is 13. The summed E-state index contributed by atoms with van der Waals surface area (Å²) in [5.41, 5.74) is 10.8. The number of alkyl carbamates (subject to hydrolysis) is 1. The number of esters is 1. The molecule has 0 heterocycles. The molecule has 0 radical (unpaired) electrons. The highest BCUT2D eigenvalue weighted by molar-refractivity contribution is 5.82. The van der Waals surface area contributed by atoms with Crippen LogP contribution in [0.25, 0.3) is 11.1 Å². The Morgan fingerprint density at radius 1 is 0.872 bits per heavy atom. The minimum absolute atomic E-state index is 0.0161. The number of nitrogens with one attached hydrogen (secondary N) is 1. The van der Waals surface area contributed by atoms with Gasteiger partial charge in [0.05, 0.1) is 0 Å². The third-order valence-corrected chi connectivity index (χ3v) is 6.53. The molecule has 3 aromatic rings. The molecule has 4 rings (SSSR count). The zero-order valence-electron chi connectivity index (χ0n) is 21.5. The normalized spacial score (nSPS) is 12.6. The van der Waals surface area contributed by atoms with E-state index in [0.717, 1.165) is 22.3 Å². The number of benzene rings is 3. The summed E-state index contributed by atoms with van der Waals surface area (Å²) < 4.78 is 16.2. The molecule has 1 atom stereocenters. The maximum absolute atomic E-state index is 12.9. The molecule has 0 fully saturated rings. The molecule has 1 aliphatic carbocycles. The van der Waals surface area contributed by atoms with Gasteiger partial charge in [0.2, 0.25) is 0 Å². The Kier molecular flexibility index (Phi) is 9.53. The van der Waals surface area contributed by atoms with Crippen LogP contribution in [0.1, 0.15) is 41.9 Å². The number of hydrogen-bond donors (Lipinski definition) is 3. The van der Waals surface area contributed by atoms with E-state index in [-0.39, 0.29) is 19.1 Å². The third-order valence-electron chi connectivity index (χ3n) is 6.53. The number of carboxylic acids is 1. The van der Waals surface area contributed by atoms with Crippen molar-refractivity contribution in [1.82, 2.24) is 5.32 Å². The molecule has 4 N–H and O–H groups in total. The molecule has 0 bridgehead atoms. The van der Waals surface area contributed by atoms with E-state index in [1.807, 2.05) is 36.4 Å². The summed E-state index contributed by atoms with van der Waals surface area (Å²) in [5, 5.41) is 11.4. The second kappa shape index (κ2) is 13.4. The first-order valence-corrected chi connectivity index (χ1v) is 12.9. The van der Waals surface area contributed by atoms with Crippen LogP contribution in [-0.4, -0.2) is 48.9 Å². The van der Waals surface area contributed by atoms with Gasteiger partial charge in [-0.2, -0.15) is 0 Å². The number of nitrogens with two attached hydrogens (primary N) is 1. The van der Waals surface area contributed by atoms with E-state index < -0.39 is 30.7 Å². The zero-order chi connectivity index (χ0) is 27.6. The molecule has 1 aliphatic rings. The molecule has 0 saturated carbocycles. The Balaban J connectivity index is 1.33. The van der Waals surface area contributed by atoms with Crippen molar-refractivity contribution in [2.45, 2.75) is 37.8 Å². The van der Waals surface area contributed by atoms with Gasteiger partial charge < -0.3 is 30.4 Å². The summed E-state index contributed by atoms with van der Waals surface area (Å²) in [7, 11) is 0. The van der Waals surface area contributed by atoms with Crippen LogP contribution in [0, 0.1) is 0 Å². The summed E-state index contributed by atoms with van der Waals surface area (Å²) in [5.74, 6) is -1.35. The fourth-order valence-electron chi connectivity index (χ4n) is 4.61. The number of aliphatic carboxylic acids is 1. The fourth-order valence-corrected chi connectivity index (χ4v) is 4.61. The molecule has 3 aromatic carbocycles. The highest BCUT2D eigenvalue weighted by Crippen LogP contribution is 2.44. The molecule has 0 aromatic heterocycles. The standard InChI is InChI=1S/C30H32N2O7/c31-16-6-5-11-27(29(35)38-17-20-12-14-21(15-13-20)37-19-28(33)34)32-30(36)39-18-26-24-9-3-1-7-22(24)23-8-2-4-10-25(23)26/h1-4,7-10,12-15,26-27H,5-6,11,16-19,31H2,(H,32,36)(H,33,34)/t27-/m0/s1. The van der Waals surface area contributed by atoms with E-state index in [1.165, 1.54) is 0 Å². The smallest absolute Gasteiger partial charge is 0.407 e. The maximum atomic E-state index is 12.9. The fraction of sp³-hybridized carbons (Fsp3) is 0.300. The van der Waals surface area contributed by atoms with E-state index in [9.17, 15) is 14.4 Å². The van der Waals surface area contributed by atoms with Crippen molar-refractivity contribution in [2.75, 3.05) is 19.8 Å². The average Bonchev–Trinajstić information content (AvgIpc) is 3.27. The molecule has 1 amide bonds.